The van der Waals surface area contributed by atoms with Crippen LogP contribution in [0.2, 0.25) is 0 Å². The first-order chi connectivity index (χ1) is 9.15. The van der Waals surface area contributed by atoms with Crippen LogP contribution in [0.3, 0.4) is 0 Å². The fourth-order valence-electron chi connectivity index (χ4n) is 2.23. The molecule has 104 valence electrons. The minimum atomic E-state index is 0.0824. The third-order valence-corrected chi connectivity index (χ3v) is 3.42. The van der Waals surface area contributed by atoms with Gasteiger partial charge in [-0.2, -0.15) is 0 Å². The number of nitrogens with zero attached hydrogens (tertiary/aromatic N) is 1. The van der Waals surface area contributed by atoms with E-state index in [1.165, 1.54) is 0 Å². The number of amides is 1. The summed E-state index contributed by atoms with van der Waals surface area (Å²) < 4.78 is 5.47. The maximum absolute atomic E-state index is 11.2. The quantitative estimate of drug-likeness (QED) is 0.905. The molecule has 1 aliphatic rings. The highest BCUT2D eigenvalue weighted by atomic mass is 16.5. The Morgan fingerprint density at radius 1 is 1.53 bits per heavy atom. The second-order valence-electron chi connectivity index (χ2n) is 5.13. The van der Waals surface area contributed by atoms with Crippen LogP contribution in [0.5, 0.6) is 0 Å². The van der Waals surface area contributed by atoms with Crippen molar-refractivity contribution in [1.82, 2.24) is 4.90 Å². The van der Waals surface area contributed by atoms with E-state index in [1.807, 2.05) is 19.2 Å². The maximum atomic E-state index is 11.2. The highest BCUT2D eigenvalue weighted by Crippen LogP contribution is 2.16. The van der Waals surface area contributed by atoms with E-state index in [0.29, 0.717) is 12.6 Å². The second kappa shape index (κ2) is 6.57. The van der Waals surface area contributed by atoms with Gasteiger partial charge < -0.3 is 15.0 Å². The fourth-order valence-corrected chi connectivity index (χ4v) is 2.23. The van der Waals surface area contributed by atoms with Gasteiger partial charge in [0.05, 0.1) is 6.61 Å². The number of rotatable bonds is 4. The summed E-state index contributed by atoms with van der Waals surface area (Å²) in [7, 11) is 1.82. The van der Waals surface area contributed by atoms with Gasteiger partial charge in [0.15, 0.2) is 0 Å². The van der Waals surface area contributed by atoms with Crippen LogP contribution in [0, 0.1) is 0 Å². The highest BCUT2D eigenvalue weighted by molar-refractivity contribution is 5.72. The van der Waals surface area contributed by atoms with E-state index in [9.17, 15) is 4.79 Å². The number of carbonyl (C=O) groups excluding carboxylic acids is 1. The van der Waals surface area contributed by atoms with E-state index in [0.717, 1.165) is 37.3 Å². The van der Waals surface area contributed by atoms with Gasteiger partial charge in [0.1, 0.15) is 0 Å². The minimum absolute atomic E-state index is 0.0824. The predicted octanol–water partition coefficient (Wildman–Crippen LogP) is 2.26. The van der Waals surface area contributed by atoms with Crippen molar-refractivity contribution < 1.29 is 9.53 Å². The van der Waals surface area contributed by atoms with Gasteiger partial charge in [0.2, 0.25) is 5.91 Å². The molecule has 19 heavy (non-hydrogen) atoms. The van der Waals surface area contributed by atoms with Gasteiger partial charge in [-0.1, -0.05) is 12.1 Å². The number of hydrogen-bond acceptors (Lipinski definition) is 3. The monoisotopic (exact) mass is 262 g/mol. The van der Waals surface area contributed by atoms with E-state index in [-0.39, 0.29) is 5.91 Å². The summed E-state index contributed by atoms with van der Waals surface area (Å²) >= 11 is 0. The van der Waals surface area contributed by atoms with Crippen molar-refractivity contribution in [3.05, 3.63) is 29.8 Å². The Balaban J connectivity index is 1.96. The Kier molecular flexibility index (Phi) is 4.80. The number of hydrogen-bond donors (Lipinski definition) is 1. The van der Waals surface area contributed by atoms with Crippen LogP contribution < -0.4 is 5.32 Å². The molecule has 1 saturated heterocycles. The van der Waals surface area contributed by atoms with Gasteiger partial charge in [-0.15, -0.1) is 0 Å². The number of nitrogens with one attached hydrogen (secondary N) is 1. The van der Waals surface area contributed by atoms with E-state index in [4.69, 9.17) is 4.74 Å². The molecule has 1 aliphatic heterocycles. The van der Waals surface area contributed by atoms with Gasteiger partial charge >= 0.3 is 0 Å². The zero-order valence-electron chi connectivity index (χ0n) is 11.7. The van der Waals surface area contributed by atoms with Crippen molar-refractivity contribution in [3.63, 3.8) is 0 Å². The summed E-state index contributed by atoms with van der Waals surface area (Å²) in [6.45, 7) is 3.88. The minimum Gasteiger partial charge on any atom is -0.380 e. The van der Waals surface area contributed by atoms with E-state index in [1.54, 1.807) is 11.8 Å². The molecular formula is C15H22N2O2. The average Bonchev–Trinajstić information content (AvgIpc) is 2.40. The summed E-state index contributed by atoms with van der Waals surface area (Å²) in [5, 5.41) is 3.50. The molecule has 1 aromatic carbocycles. The largest absolute Gasteiger partial charge is 0.380 e. The Morgan fingerprint density at radius 3 is 3.05 bits per heavy atom. The van der Waals surface area contributed by atoms with Crippen molar-refractivity contribution in [2.75, 3.05) is 25.6 Å². The maximum Gasteiger partial charge on any atom is 0.219 e. The molecule has 0 spiro atoms. The molecular weight excluding hydrogens is 240 g/mol. The third kappa shape index (κ3) is 4.24. The van der Waals surface area contributed by atoms with Crippen LogP contribution in [0.1, 0.15) is 25.3 Å². The van der Waals surface area contributed by atoms with Crippen molar-refractivity contribution in [2.24, 2.45) is 0 Å². The lowest BCUT2D eigenvalue weighted by Gasteiger charge is -2.24. The smallest absolute Gasteiger partial charge is 0.219 e. The molecule has 0 saturated carbocycles. The molecule has 4 heteroatoms. The molecule has 1 amide bonds. The first kappa shape index (κ1) is 13.9. The molecule has 1 aromatic rings. The predicted molar refractivity (Wildman–Crippen MR) is 76.1 cm³/mol. The van der Waals surface area contributed by atoms with Crippen LogP contribution in [0.15, 0.2) is 24.3 Å². The van der Waals surface area contributed by atoms with Gasteiger partial charge in [0.25, 0.3) is 0 Å². The number of ether oxygens (including phenoxy) is 1. The topological polar surface area (TPSA) is 41.6 Å². The van der Waals surface area contributed by atoms with Crippen LogP contribution >= 0.6 is 0 Å². The molecule has 1 fully saturated rings. The summed E-state index contributed by atoms with van der Waals surface area (Å²) in [5.41, 5.74) is 2.24. The molecule has 2 rings (SSSR count). The third-order valence-electron chi connectivity index (χ3n) is 3.42. The van der Waals surface area contributed by atoms with E-state index in [2.05, 4.69) is 17.4 Å². The summed E-state index contributed by atoms with van der Waals surface area (Å²) in [6, 6.07) is 8.63. The number of benzene rings is 1. The molecule has 4 nitrogen and oxygen atoms in total. The van der Waals surface area contributed by atoms with Gasteiger partial charge in [-0.3, -0.25) is 4.79 Å². The first-order valence-electron chi connectivity index (χ1n) is 6.80. The van der Waals surface area contributed by atoms with Crippen molar-refractivity contribution in [1.29, 1.82) is 0 Å². The van der Waals surface area contributed by atoms with Gasteiger partial charge in [-0.25, -0.2) is 0 Å². The lowest BCUT2D eigenvalue weighted by Crippen LogP contribution is -2.30. The van der Waals surface area contributed by atoms with Crippen LogP contribution in [-0.4, -0.2) is 37.1 Å². The van der Waals surface area contributed by atoms with Crippen molar-refractivity contribution >= 4 is 11.6 Å². The Hall–Kier alpha value is -1.55. The van der Waals surface area contributed by atoms with Crippen LogP contribution in [0.4, 0.5) is 5.69 Å². The number of carbonyl (C=O) groups is 1. The zero-order valence-corrected chi connectivity index (χ0v) is 11.7. The lowest BCUT2D eigenvalue weighted by molar-refractivity contribution is -0.128. The highest BCUT2D eigenvalue weighted by Gasteiger charge is 2.13. The molecule has 0 aromatic heterocycles. The average molecular weight is 262 g/mol. The lowest BCUT2D eigenvalue weighted by atomic mass is 10.1. The SMILES string of the molecule is CC(=O)N(C)Cc1cccc(NC2CCCOC2)c1. The number of anilines is 1. The fraction of sp³-hybridized carbons (Fsp3) is 0.533. The molecule has 1 heterocycles. The standard InChI is InChI=1S/C15H22N2O2/c1-12(18)17(2)10-13-5-3-6-14(9-13)16-15-7-4-8-19-11-15/h3,5-6,9,15-16H,4,7-8,10-11H2,1-2H3. The first-order valence-corrected chi connectivity index (χ1v) is 6.80. The summed E-state index contributed by atoms with van der Waals surface area (Å²) in [4.78, 5) is 13.0. The van der Waals surface area contributed by atoms with Gasteiger partial charge in [-0.05, 0) is 30.5 Å². The zero-order chi connectivity index (χ0) is 13.7. The molecule has 0 aliphatic carbocycles. The molecule has 1 N–H and O–H groups in total. The molecule has 1 unspecified atom stereocenters. The molecule has 0 radical (unpaired) electrons. The van der Waals surface area contributed by atoms with Crippen molar-refractivity contribution in [3.8, 4) is 0 Å². The summed E-state index contributed by atoms with van der Waals surface area (Å²) in [5.74, 6) is 0.0824. The van der Waals surface area contributed by atoms with E-state index >= 15 is 0 Å². The van der Waals surface area contributed by atoms with Crippen LogP contribution in [0.25, 0.3) is 0 Å². The van der Waals surface area contributed by atoms with E-state index < -0.39 is 0 Å². The van der Waals surface area contributed by atoms with Gasteiger partial charge in [0, 0.05) is 38.9 Å². The van der Waals surface area contributed by atoms with Crippen molar-refractivity contribution in [2.45, 2.75) is 32.4 Å². The molecule has 0 bridgehead atoms. The normalized spacial score (nSPS) is 18.9. The van der Waals surface area contributed by atoms with Crippen LogP contribution in [-0.2, 0) is 16.1 Å². The Labute approximate surface area is 114 Å². The Morgan fingerprint density at radius 2 is 2.37 bits per heavy atom. The Bertz CT molecular complexity index is 428. The second-order valence-corrected chi connectivity index (χ2v) is 5.13. The molecule has 1 atom stereocenters. The summed E-state index contributed by atoms with van der Waals surface area (Å²) in [6.07, 6.45) is 2.27.